The van der Waals surface area contributed by atoms with Crippen molar-refractivity contribution in [2.45, 2.75) is 25.6 Å². The fourth-order valence-corrected chi connectivity index (χ4v) is 3.09. The number of allylic oxidation sites excluding steroid dienone is 3. The van der Waals surface area contributed by atoms with Gasteiger partial charge in [0.2, 0.25) is 0 Å². The third-order valence-corrected chi connectivity index (χ3v) is 4.43. The molecule has 2 bridgehead atoms. The molecule has 1 aliphatic carbocycles. The van der Waals surface area contributed by atoms with E-state index in [9.17, 15) is 9.90 Å². The molecule has 0 aromatic heterocycles. The normalized spacial score (nSPS) is 19.2. The van der Waals surface area contributed by atoms with Crippen molar-refractivity contribution < 1.29 is 9.90 Å². The summed E-state index contributed by atoms with van der Waals surface area (Å²) in [5.74, 6) is 0.104. The largest absolute Gasteiger partial charge is 0.377 e. The fraction of sp³-hybridized carbons (Fsp3) is 0.333. The summed E-state index contributed by atoms with van der Waals surface area (Å²) in [6.45, 7) is 3.31. The molecule has 1 aliphatic heterocycles. The molecule has 0 saturated heterocycles. The number of benzene rings is 1. The number of rotatable bonds is 8. The first-order valence-corrected chi connectivity index (χ1v) is 9.33. The number of hydrogen-bond donors (Lipinski definition) is 3. The Morgan fingerprint density at radius 2 is 2.11 bits per heavy atom. The van der Waals surface area contributed by atoms with Gasteiger partial charge in [-0.15, -0.1) is 0 Å². The lowest BCUT2D eigenvalue weighted by molar-refractivity contribution is -0.116. The predicted molar refractivity (Wildman–Crippen MR) is 107 cm³/mol. The topological polar surface area (TPSA) is 77.0 Å². The van der Waals surface area contributed by atoms with Crippen LogP contribution in [0, 0.1) is 0 Å². The van der Waals surface area contributed by atoms with Crippen molar-refractivity contribution in [2.24, 2.45) is 4.99 Å². The van der Waals surface area contributed by atoms with Gasteiger partial charge < -0.3 is 15.3 Å². The molecule has 2 unspecified atom stereocenters. The zero-order valence-electron chi connectivity index (χ0n) is 15.5. The fourth-order valence-electron chi connectivity index (χ4n) is 3.09. The van der Waals surface area contributed by atoms with Crippen LogP contribution in [0.2, 0.25) is 0 Å². The molecule has 27 heavy (non-hydrogen) atoms. The van der Waals surface area contributed by atoms with Crippen molar-refractivity contribution in [2.75, 3.05) is 19.6 Å². The number of hydrogen-bond acceptors (Lipinski definition) is 5. The van der Waals surface area contributed by atoms with Gasteiger partial charge >= 0.3 is 0 Å². The van der Waals surface area contributed by atoms with Gasteiger partial charge in [-0.05, 0) is 30.7 Å². The van der Waals surface area contributed by atoms with Gasteiger partial charge in [-0.25, -0.2) is 0 Å². The number of aliphatic imine (C=N–C) groups is 1. The van der Waals surface area contributed by atoms with Crippen LogP contribution >= 0.6 is 0 Å². The van der Waals surface area contributed by atoms with Gasteiger partial charge in [0.15, 0.2) is 5.84 Å². The Morgan fingerprint density at radius 1 is 1.30 bits per heavy atom. The average molecular weight is 366 g/mol. The van der Waals surface area contributed by atoms with Crippen LogP contribution in [0.5, 0.6) is 0 Å². The summed E-state index contributed by atoms with van der Waals surface area (Å²) in [6, 6.07) is 10.0. The minimum atomic E-state index is -0.776. The quantitative estimate of drug-likeness (QED) is 0.607. The molecule has 6 nitrogen and oxygen atoms in total. The van der Waals surface area contributed by atoms with Gasteiger partial charge in [-0.2, -0.15) is 0 Å². The number of likely N-dealkylation sites (N-methyl/N-ethyl adjacent to an activating group) is 1. The summed E-state index contributed by atoms with van der Waals surface area (Å²) in [7, 11) is 0. The van der Waals surface area contributed by atoms with E-state index in [0.717, 1.165) is 12.1 Å². The lowest BCUT2D eigenvalue weighted by Crippen LogP contribution is -2.49. The summed E-state index contributed by atoms with van der Waals surface area (Å²) in [5.41, 5.74) is 2.17. The van der Waals surface area contributed by atoms with Crippen molar-refractivity contribution in [3.63, 3.8) is 0 Å². The minimum absolute atomic E-state index is 0.133. The van der Waals surface area contributed by atoms with Gasteiger partial charge in [0, 0.05) is 12.2 Å². The molecule has 1 aromatic carbocycles. The Morgan fingerprint density at radius 3 is 2.89 bits per heavy atom. The lowest BCUT2D eigenvalue weighted by atomic mass is 10.1. The van der Waals surface area contributed by atoms with Crippen LogP contribution in [0.4, 0.5) is 0 Å². The van der Waals surface area contributed by atoms with Crippen molar-refractivity contribution in [1.29, 1.82) is 0 Å². The molecule has 0 spiro atoms. The van der Waals surface area contributed by atoms with Gasteiger partial charge in [0.25, 0.3) is 5.91 Å². The maximum absolute atomic E-state index is 12.8. The van der Waals surface area contributed by atoms with E-state index in [1.54, 1.807) is 0 Å². The van der Waals surface area contributed by atoms with Gasteiger partial charge in [-0.1, -0.05) is 55.5 Å². The number of fused-ring (bicyclic) bond motifs is 1. The van der Waals surface area contributed by atoms with Crippen molar-refractivity contribution >= 4 is 11.7 Å². The second-order valence-corrected chi connectivity index (χ2v) is 6.45. The summed E-state index contributed by atoms with van der Waals surface area (Å²) >= 11 is 0. The molecule has 0 saturated carbocycles. The number of amides is 1. The van der Waals surface area contributed by atoms with E-state index in [1.807, 2.05) is 54.3 Å². The summed E-state index contributed by atoms with van der Waals surface area (Å²) < 4.78 is 0. The number of carbonyl (C=O) groups is 1. The van der Waals surface area contributed by atoms with E-state index in [-0.39, 0.29) is 18.5 Å². The molecular formula is C21H26N4O2. The Labute approximate surface area is 160 Å². The van der Waals surface area contributed by atoms with Gasteiger partial charge in [0.1, 0.15) is 6.23 Å². The van der Waals surface area contributed by atoms with Gasteiger partial charge in [0.05, 0.1) is 12.6 Å². The number of aliphatic hydroxyl groups is 1. The minimum Gasteiger partial charge on any atom is -0.377 e. The summed E-state index contributed by atoms with van der Waals surface area (Å²) in [6.07, 6.45) is 9.94. The Hall–Kier alpha value is -2.70. The predicted octanol–water partition coefficient (Wildman–Crippen LogP) is 1.37. The van der Waals surface area contributed by atoms with Crippen LogP contribution < -0.4 is 10.6 Å². The molecule has 142 valence electrons. The third kappa shape index (κ3) is 5.15. The molecule has 1 amide bonds. The first-order valence-electron chi connectivity index (χ1n) is 9.33. The third-order valence-electron chi connectivity index (χ3n) is 4.43. The van der Waals surface area contributed by atoms with E-state index in [4.69, 9.17) is 0 Å². The number of aliphatic hydroxyl groups excluding tert-OH is 1. The Kier molecular flexibility index (Phi) is 6.57. The second kappa shape index (κ2) is 9.30. The Bertz CT molecular complexity index is 768. The van der Waals surface area contributed by atoms with Crippen LogP contribution in [0.1, 0.15) is 12.5 Å². The lowest BCUT2D eigenvalue weighted by Gasteiger charge is -2.30. The summed E-state index contributed by atoms with van der Waals surface area (Å²) in [4.78, 5) is 19.3. The molecule has 2 aliphatic rings. The highest BCUT2D eigenvalue weighted by atomic mass is 16.3. The second-order valence-electron chi connectivity index (χ2n) is 6.45. The molecule has 0 radical (unpaired) electrons. The van der Waals surface area contributed by atoms with Crippen LogP contribution in [-0.2, 0) is 11.2 Å². The molecule has 0 fully saturated rings. The number of nitrogens with one attached hydrogen (secondary N) is 2. The summed E-state index contributed by atoms with van der Waals surface area (Å²) in [5, 5.41) is 15.4. The first-order chi connectivity index (χ1) is 13.2. The van der Waals surface area contributed by atoms with Crippen LogP contribution in [0.3, 0.4) is 0 Å². The van der Waals surface area contributed by atoms with Crippen LogP contribution in [-0.4, -0.2) is 53.7 Å². The molecule has 6 heteroatoms. The number of amidine groups is 1. The zero-order chi connectivity index (χ0) is 19.1. The van der Waals surface area contributed by atoms with E-state index in [2.05, 4.69) is 33.8 Å². The zero-order valence-corrected chi connectivity index (χ0v) is 15.5. The highest BCUT2D eigenvalue weighted by Gasteiger charge is 2.27. The van der Waals surface area contributed by atoms with E-state index >= 15 is 0 Å². The SMILES string of the molecule is CCNC(O)CNC(=O)C1=NC2C=CC=CC(=C2)N1CCc1ccccc1. The highest BCUT2D eigenvalue weighted by molar-refractivity contribution is 6.38. The average Bonchev–Trinajstić information content (AvgIpc) is 2.88. The van der Waals surface area contributed by atoms with Gasteiger partial charge in [-0.3, -0.25) is 15.1 Å². The van der Waals surface area contributed by atoms with E-state index in [0.29, 0.717) is 18.9 Å². The molecule has 1 aromatic rings. The van der Waals surface area contributed by atoms with E-state index in [1.165, 1.54) is 5.56 Å². The Balaban J connectivity index is 1.73. The molecular weight excluding hydrogens is 340 g/mol. The maximum Gasteiger partial charge on any atom is 0.287 e. The van der Waals surface area contributed by atoms with Crippen LogP contribution in [0.15, 0.2) is 71.4 Å². The first kappa shape index (κ1) is 19.1. The van der Waals surface area contributed by atoms with E-state index < -0.39 is 6.23 Å². The van der Waals surface area contributed by atoms with Crippen molar-refractivity contribution in [3.05, 3.63) is 72.0 Å². The maximum atomic E-state index is 12.8. The molecule has 1 heterocycles. The standard InChI is InChI=1S/C21H26N4O2/c1-2-22-19(26)15-23-21(27)20-24-17-10-6-7-11-18(14-17)25(20)13-12-16-8-4-3-5-9-16/h3-11,14,17,19,22,26H,2,12-13,15H2,1H3,(H,23,27). The number of nitrogens with zero attached hydrogens (tertiary/aromatic N) is 2. The van der Waals surface area contributed by atoms with Crippen molar-refractivity contribution in [1.82, 2.24) is 15.5 Å². The smallest absolute Gasteiger partial charge is 0.287 e. The monoisotopic (exact) mass is 366 g/mol. The number of carbonyl (C=O) groups excluding carboxylic acids is 1. The van der Waals surface area contributed by atoms with Crippen molar-refractivity contribution in [3.8, 4) is 0 Å². The molecule has 3 N–H and O–H groups in total. The highest BCUT2D eigenvalue weighted by Crippen LogP contribution is 2.20. The van der Waals surface area contributed by atoms with Crippen LogP contribution in [0.25, 0.3) is 0 Å². The molecule has 2 atom stereocenters. The molecule has 3 rings (SSSR count).